The number of hydrogen-bond acceptors (Lipinski definition) is 3. The molecular weight excluding hydrogens is 307 g/mol. The van der Waals surface area contributed by atoms with Crippen molar-refractivity contribution in [3.8, 4) is 5.69 Å². The predicted molar refractivity (Wildman–Crippen MR) is 85.1 cm³/mol. The number of rotatable bonds is 4. The van der Waals surface area contributed by atoms with Crippen LogP contribution in [0, 0.1) is 0 Å². The summed E-state index contributed by atoms with van der Waals surface area (Å²) >= 11 is 12.1. The van der Waals surface area contributed by atoms with Crippen molar-refractivity contribution in [3.63, 3.8) is 0 Å². The van der Waals surface area contributed by atoms with Gasteiger partial charge in [-0.3, -0.25) is 0 Å². The minimum Gasteiger partial charge on any atom is -0.378 e. The third-order valence-corrected chi connectivity index (χ3v) is 3.76. The maximum absolute atomic E-state index is 6.12. The number of aromatic nitrogens is 3. The lowest BCUT2D eigenvalue weighted by molar-refractivity contribution is 0.740. The molecule has 1 heterocycles. The average molecular weight is 319 g/mol. The molecule has 106 valence electrons. The van der Waals surface area contributed by atoms with Gasteiger partial charge in [-0.15, -0.1) is 0 Å². The van der Waals surface area contributed by atoms with Gasteiger partial charge < -0.3 is 5.32 Å². The van der Waals surface area contributed by atoms with Crippen LogP contribution in [-0.2, 0) is 6.54 Å². The number of benzene rings is 2. The monoisotopic (exact) mass is 318 g/mol. The molecule has 1 aromatic heterocycles. The molecule has 3 aromatic rings. The minimum absolute atomic E-state index is 0.509. The molecule has 0 aliphatic carbocycles. The molecule has 3 rings (SSSR count). The van der Waals surface area contributed by atoms with Crippen LogP contribution in [0.2, 0.25) is 10.0 Å². The van der Waals surface area contributed by atoms with E-state index in [2.05, 4.69) is 15.5 Å². The number of anilines is 1. The lowest BCUT2D eigenvalue weighted by atomic mass is 10.3. The Morgan fingerprint density at radius 3 is 2.62 bits per heavy atom. The summed E-state index contributed by atoms with van der Waals surface area (Å²) in [6.07, 6.45) is 1.72. The van der Waals surface area contributed by atoms with Crippen LogP contribution in [0.15, 0.2) is 54.7 Å². The molecule has 6 heteroatoms. The van der Waals surface area contributed by atoms with E-state index in [1.807, 2.05) is 42.5 Å². The van der Waals surface area contributed by atoms with E-state index in [4.69, 9.17) is 23.2 Å². The van der Waals surface area contributed by atoms with Crippen molar-refractivity contribution in [2.75, 3.05) is 5.32 Å². The molecule has 0 bridgehead atoms. The molecule has 0 unspecified atom stereocenters. The Kier molecular flexibility index (Phi) is 4.08. The van der Waals surface area contributed by atoms with Gasteiger partial charge in [-0.25, -0.2) is 0 Å². The van der Waals surface area contributed by atoms with E-state index >= 15 is 0 Å². The fourth-order valence-corrected chi connectivity index (χ4v) is 2.25. The molecule has 21 heavy (non-hydrogen) atoms. The van der Waals surface area contributed by atoms with Gasteiger partial charge in [0, 0.05) is 0 Å². The number of nitrogens with zero attached hydrogens (tertiary/aromatic N) is 3. The summed E-state index contributed by atoms with van der Waals surface area (Å²) in [7, 11) is 0. The van der Waals surface area contributed by atoms with E-state index in [0.29, 0.717) is 16.6 Å². The number of halogens is 2. The van der Waals surface area contributed by atoms with Crippen LogP contribution in [0.5, 0.6) is 0 Å². The van der Waals surface area contributed by atoms with E-state index < -0.39 is 0 Å². The van der Waals surface area contributed by atoms with Gasteiger partial charge in [-0.1, -0.05) is 47.5 Å². The Hall–Kier alpha value is -2.04. The van der Waals surface area contributed by atoms with Gasteiger partial charge >= 0.3 is 0 Å². The molecule has 1 N–H and O–H groups in total. The lowest BCUT2D eigenvalue weighted by Gasteiger charge is -2.07. The van der Waals surface area contributed by atoms with Gasteiger partial charge in [0.25, 0.3) is 0 Å². The molecule has 0 aliphatic rings. The molecule has 2 aromatic carbocycles. The van der Waals surface area contributed by atoms with Crippen LogP contribution in [0.1, 0.15) is 5.69 Å². The van der Waals surface area contributed by atoms with Crippen LogP contribution in [-0.4, -0.2) is 15.0 Å². The first-order chi connectivity index (χ1) is 10.2. The van der Waals surface area contributed by atoms with E-state index in [0.717, 1.165) is 17.1 Å². The number of hydrogen-bond donors (Lipinski definition) is 1. The highest BCUT2D eigenvalue weighted by molar-refractivity contribution is 6.43. The first-order valence-corrected chi connectivity index (χ1v) is 7.14. The molecule has 0 radical (unpaired) electrons. The Labute approximate surface area is 132 Å². The summed E-state index contributed by atoms with van der Waals surface area (Å²) in [6.45, 7) is 0.521. The first-order valence-electron chi connectivity index (χ1n) is 6.38. The second kappa shape index (κ2) is 6.16. The molecule has 0 fully saturated rings. The summed E-state index contributed by atoms with van der Waals surface area (Å²) in [5, 5.41) is 12.9. The highest BCUT2D eigenvalue weighted by Crippen LogP contribution is 2.29. The van der Waals surface area contributed by atoms with Crippen LogP contribution < -0.4 is 5.32 Å². The van der Waals surface area contributed by atoms with E-state index in [9.17, 15) is 0 Å². The third kappa shape index (κ3) is 3.17. The maximum atomic E-state index is 6.12. The Morgan fingerprint density at radius 1 is 1.00 bits per heavy atom. The van der Waals surface area contributed by atoms with E-state index in [1.165, 1.54) is 0 Å². The molecule has 0 saturated heterocycles. The maximum Gasteiger partial charge on any atom is 0.102 e. The smallest absolute Gasteiger partial charge is 0.102 e. The fraction of sp³-hybridized carbons (Fsp3) is 0.0667. The van der Waals surface area contributed by atoms with Crippen molar-refractivity contribution >= 4 is 28.9 Å². The van der Waals surface area contributed by atoms with Crippen molar-refractivity contribution in [2.45, 2.75) is 6.54 Å². The number of nitrogens with one attached hydrogen (secondary N) is 1. The zero-order valence-electron chi connectivity index (χ0n) is 11.0. The van der Waals surface area contributed by atoms with Crippen LogP contribution in [0.4, 0.5) is 5.69 Å². The summed E-state index contributed by atoms with van der Waals surface area (Å²) in [5.74, 6) is 0. The summed E-state index contributed by atoms with van der Waals surface area (Å²) in [6, 6.07) is 15.2. The van der Waals surface area contributed by atoms with Crippen LogP contribution in [0.25, 0.3) is 5.69 Å². The number of para-hydroxylation sites is 1. The van der Waals surface area contributed by atoms with Crippen molar-refractivity contribution in [2.24, 2.45) is 0 Å². The van der Waals surface area contributed by atoms with Gasteiger partial charge in [0.2, 0.25) is 0 Å². The second-order valence-corrected chi connectivity index (χ2v) is 5.20. The molecule has 0 amide bonds. The van der Waals surface area contributed by atoms with Crippen molar-refractivity contribution in [3.05, 3.63) is 70.5 Å². The highest BCUT2D eigenvalue weighted by Gasteiger charge is 2.06. The molecule has 0 atom stereocenters. The lowest BCUT2D eigenvalue weighted by Crippen LogP contribution is -2.03. The first kappa shape index (κ1) is 13.9. The average Bonchev–Trinajstić information content (AvgIpc) is 2.99. The SMILES string of the molecule is Clc1cccc(NCc2cnn(-c3ccccc3)n2)c1Cl. The molecular formula is C15H12Cl2N4. The van der Waals surface area contributed by atoms with Gasteiger partial charge in [-0.2, -0.15) is 15.0 Å². The van der Waals surface area contributed by atoms with Crippen LogP contribution in [0.3, 0.4) is 0 Å². The van der Waals surface area contributed by atoms with Gasteiger partial charge in [0.15, 0.2) is 0 Å². The Bertz CT molecular complexity index is 740. The Morgan fingerprint density at radius 2 is 1.81 bits per heavy atom. The highest BCUT2D eigenvalue weighted by atomic mass is 35.5. The Balaban J connectivity index is 1.72. The normalized spacial score (nSPS) is 10.6. The second-order valence-electron chi connectivity index (χ2n) is 4.42. The summed E-state index contributed by atoms with van der Waals surface area (Å²) in [4.78, 5) is 1.59. The van der Waals surface area contributed by atoms with Gasteiger partial charge in [0.1, 0.15) is 5.69 Å². The van der Waals surface area contributed by atoms with Gasteiger partial charge in [-0.05, 0) is 24.3 Å². The predicted octanol–water partition coefficient (Wildman–Crippen LogP) is 4.19. The fourth-order valence-electron chi connectivity index (χ4n) is 1.89. The van der Waals surface area contributed by atoms with Crippen molar-refractivity contribution < 1.29 is 0 Å². The molecule has 4 nitrogen and oxygen atoms in total. The quantitative estimate of drug-likeness (QED) is 0.784. The molecule has 0 spiro atoms. The van der Waals surface area contributed by atoms with Gasteiger partial charge in [0.05, 0.1) is 34.2 Å². The zero-order chi connectivity index (χ0) is 14.7. The summed E-state index contributed by atoms with van der Waals surface area (Å²) in [5.41, 5.74) is 2.51. The molecule has 0 saturated carbocycles. The van der Waals surface area contributed by atoms with E-state index in [-0.39, 0.29) is 0 Å². The van der Waals surface area contributed by atoms with Crippen molar-refractivity contribution in [1.82, 2.24) is 15.0 Å². The standard InChI is InChI=1S/C15H12Cl2N4/c16-13-7-4-8-14(15(13)17)18-9-11-10-19-21(20-11)12-5-2-1-3-6-12/h1-8,10,18H,9H2. The van der Waals surface area contributed by atoms with Crippen molar-refractivity contribution in [1.29, 1.82) is 0 Å². The molecule has 0 aliphatic heterocycles. The van der Waals surface area contributed by atoms with E-state index in [1.54, 1.807) is 17.1 Å². The largest absolute Gasteiger partial charge is 0.378 e. The topological polar surface area (TPSA) is 42.7 Å². The third-order valence-electron chi connectivity index (χ3n) is 2.94. The minimum atomic E-state index is 0.509. The zero-order valence-corrected chi connectivity index (χ0v) is 12.5. The van der Waals surface area contributed by atoms with Crippen LogP contribution >= 0.6 is 23.2 Å². The summed E-state index contributed by atoms with van der Waals surface area (Å²) < 4.78 is 0.